The number of piperidine rings is 1. The van der Waals surface area contributed by atoms with Crippen LogP contribution < -0.4 is 4.90 Å². The molecule has 1 unspecified atom stereocenters. The van der Waals surface area contributed by atoms with Crippen molar-refractivity contribution in [2.24, 2.45) is 5.92 Å². The topological polar surface area (TPSA) is 44.9 Å². The Balaban J connectivity index is 1.92. The number of hydrogen-bond donors (Lipinski definition) is 0. The molecule has 1 saturated heterocycles. The fraction of sp³-hybridized carbons (Fsp3) is 0.391. The second-order valence-corrected chi connectivity index (χ2v) is 8.78. The van der Waals surface area contributed by atoms with Gasteiger partial charge in [0.1, 0.15) is 5.65 Å². The quantitative estimate of drug-likeness (QED) is 0.487. The maximum Gasteiger partial charge on any atom is 0.147 e. The van der Waals surface area contributed by atoms with Crippen molar-refractivity contribution in [3.05, 3.63) is 51.3 Å². The van der Waals surface area contributed by atoms with E-state index in [1.165, 1.54) is 11.3 Å². The summed E-state index contributed by atoms with van der Waals surface area (Å²) >= 11 is 12.7. The van der Waals surface area contributed by atoms with Crippen LogP contribution in [0.3, 0.4) is 0 Å². The molecule has 6 heteroatoms. The molecule has 0 aliphatic carbocycles. The van der Waals surface area contributed by atoms with E-state index in [2.05, 4.69) is 35.5 Å². The van der Waals surface area contributed by atoms with Crippen LogP contribution in [0.2, 0.25) is 10.0 Å². The molecule has 4 rings (SSSR count). The smallest absolute Gasteiger partial charge is 0.147 e. The number of anilines is 1. The second kappa shape index (κ2) is 7.89. The minimum Gasteiger partial charge on any atom is -0.371 e. The fourth-order valence-corrected chi connectivity index (χ4v) is 4.95. The number of nitrogens with zero attached hydrogens (tertiary/aromatic N) is 4. The van der Waals surface area contributed by atoms with Crippen LogP contribution in [-0.2, 0) is 0 Å². The van der Waals surface area contributed by atoms with E-state index in [0.29, 0.717) is 22.4 Å². The van der Waals surface area contributed by atoms with Crippen LogP contribution in [-0.4, -0.2) is 22.6 Å². The summed E-state index contributed by atoms with van der Waals surface area (Å²) in [6.45, 7) is 8.21. The SMILES string of the molecule is Cc1cc(N2CCCC(CC#N)C2)c2c(C)c(C)n(-c3ccc(Cl)cc3Cl)c2n1. The van der Waals surface area contributed by atoms with Crippen molar-refractivity contribution in [2.75, 3.05) is 18.0 Å². The van der Waals surface area contributed by atoms with Crippen LogP contribution in [0.25, 0.3) is 16.7 Å². The first kappa shape index (κ1) is 20.1. The van der Waals surface area contributed by atoms with Crippen molar-refractivity contribution in [1.82, 2.24) is 9.55 Å². The minimum absolute atomic E-state index is 0.423. The zero-order chi connectivity index (χ0) is 20.7. The van der Waals surface area contributed by atoms with Gasteiger partial charge in [-0.3, -0.25) is 4.57 Å². The van der Waals surface area contributed by atoms with E-state index in [1.54, 1.807) is 6.07 Å². The number of aryl methyl sites for hydroxylation is 2. The molecule has 1 aromatic carbocycles. The van der Waals surface area contributed by atoms with Gasteiger partial charge in [0.25, 0.3) is 0 Å². The lowest BCUT2D eigenvalue weighted by Crippen LogP contribution is -2.35. The van der Waals surface area contributed by atoms with Gasteiger partial charge in [-0.1, -0.05) is 23.2 Å². The number of aromatic nitrogens is 2. The minimum atomic E-state index is 0.423. The molecular weight excluding hydrogens is 403 g/mol. The van der Waals surface area contributed by atoms with E-state index in [9.17, 15) is 0 Å². The van der Waals surface area contributed by atoms with Crippen molar-refractivity contribution in [3.8, 4) is 11.8 Å². The zero-order valence-corrected chi connectivity index (χ0v) is 18.5. The van der Waals surface area contributed by atoms with Gasteiger partial charge in [-0.2, -0.15) is 5.26 Å². The molecule has 1 atom stereocenters. The maximum absolute atomic E-state index is 9.14. The molecule has 2 aromatic heterocycles. The Morgan fingerprint density at radius 1 is 1.17 bits per heavy atom. The van der Waals surface area contributed by atoms with E-state index < -0.39 is 0 Å². The van der Waals surface area contributed by atoms with E-state index in [-0.39, 0.29) is 0 Å². The molecular formula is C23H24Cl2N4. The summed E-state index contributed by atoms with van der Waals surface area (Å²) in [6, 6.07) is 10.1. The van der Waals surface area contributed by atoms with Gasteiger partial charge in [-0.25, -0.2) is 4.98 Å². The molecule has 150 valence electrons. The highest BCUT2D eigenvalue weighted by Crippen LogP contribution is 2.38. The molecule has 29 heavy (non-hydrogen) atoms. The Morgan fingerprint density at radius 2 is 1.97 bits per heavy atom. The van der Waals surface area contributed by atoms with Crippen molar-refractivity contribution < 1.29 is 0 Å². The molecule has 1 fully saturated rings. The van der Waals surface area contributed by atoms with Gasteiger partial charge in [0, 0.05) is 47.0 Å². The molecule has 0 saturated carbocycles. The second-order valence-electron chi connectivity index (χ2n) is 7.94. The predicted octanol–water partition coefficient (Wildman–Crippen LogP) is 6.39. The summed E-state index contributed by atoms with van der Waals surface area (Å²) in [4.78, 5) is 7.33. The van der Waals surface area contributed by atoms with E-state index in [0.717, 1.165) is 54.0 Å². The maximum atomic E-state index is 9.14. The number of halogens is 2. The molecule has 0 spiro atoms. The van der Waals surface area contributed by atoms with Crippen LogP contribution in [0.5, 0.6) is 0 Å². The molecule has 0 N–H and O–H groups in total. The van der Waals surface area contributed by atoms with Gasteiger partial charge in [-0.05, 0) is 69.4 Å². The summed E-state index contributed by atoms with van der Waals surface area (Å²) in [7, 11) is 0. The van der Waals surface area contributed by atoms with Gasteiger partial charge in [0.05, 0.1) is 16.8 Å². The summed E-state index contributed by atoms with van der Waals surface area (Å²) in [6.07, 6.45) is 2.84. The van der Waals surface area contributed by atoms with Crippen molar-refractivity contribution in [2.45, 2.75) is 40.0 Å². The number of rotatable bonds is 3. The number of pyridine rings is 1. The lowest BCUT2D eigenvalue weighted by molar-refractivity contribution is 0.422. The number of benzene rings is 1. The first-order valence-corrected chi connectivity index (χ1v) is 10.7. The van der Waals surface area contributed by atoms with Gasteiger partial charge >= 0.3 is 0 Å². The highest BCUT2D eigenvalue weighted by atomic mass is 35.5. The standard InChI is InChI=1S/C23H24Cl2N4/c1-14-11-21(28-10-4-5-17(13-28)8-9-26)22-15(2)16(3)29(23(22)27-14)20-7-6-18(24)12-19(20)25/h6-7,11-12,17H,4-5,8,10,13H2,1-3H3. The highest BCUT2D eigenvalue weighted by molar-refractivity contribution is 6.35. The molecule has 3 aromatic rings. The van der Waals surface area contributed by atoms with Gasteiger partial charge in [-0.15, -0.1) is 0 Å². The van der Waals surface area contributed by atoms with E-state index >= 15 is 0 Å². The van der Waals surface area contributed by atoms with Gasteiger partial charge in [0.15, 0.2) is 0 Å². The molecule has 1 aliphatic rings. The third-order valence-corrected chi connectivity index (χ3v) is 6.50. The summed E-state index contributed by atoms with van der Waals surface area (Å²) < 4.78 is 2.14. The first-order valence-electron chi connectivity index (χ1n) is 9.97. The lowest BCUT2D eigenvalue weighted by atomic mass is 9.94. The molecule has 3 heterocycles. The fourth-order valence-electron chi connectivity index (χ4n) is 4.46. The van der Waals surface area contributed by atoms with Crippen LogP contribution in [0, 0.1) is 38.0 Å². The van der Waals surface area contributed by atoms with Crippen LogP contribution in [0.4, 0.5) is 5.69 Å². The monoisotopic (exact) mass is 426 g/mol. The summed E-state index contributed by atoms with van der Waals surface area (Å²) in [5.41, 5.74) is 6.31. The average molecular weight is 427 g/mol. The van der Waals surface area contributed by atoms with Crippen LogP contribution >= 0.6 is 23.2 Å². The normalized spacial score (nSPS) is 17.0. The van der Waals surface area contributed by atoms with E-state index in [4.69, 9.17) is 33.4 Å². The van der Waals surface area contributed by atoms with Crippen LogP contribution in [0.1, 0.15) is 36.2 Å². The predicted molar refractivity (Wildman–Crippen MR) is 120 cm³/mol. The average Bonchev–Trinajstić information content (AvgIpc) is 2.92. The Labute approximate surface area is 181 Å². The molecule has 1 aliphatic heterocycles. The van der Waals surface area contributed by atoms with Crippen molar-refractivity contribution in [3.63, 3.8) is 0 Å². The Hall–Kier alpha value is -2.22. The Morgan fingerprint density at radius 3 is 2.69 bits per heavy atom. The summed E-state index contributed by atoms with van der Waals surface area (Å²) in [5.74, 6) is 0.423. The van der Waals surface area contributed by atoms with Crippen LogP contribution in [0.15, 0.2) is 24.3 Å². The number of fused-ring (bicyclic) bond motifs is 1. The van der Waals surface area contributed by atoms with E-state index in [1.807, 2.05) is 19.1 Å². The van der Waals surface area contributed by atoms with Gasteiger partial charge < -0.3 is 4.90 Å². The largest absolute Gasteiger partial charge is 0.371 e. The molecule has 0 bridgehead atoms. The third kappa shape index (κ3) is 3.58. The van der Waals surface area contributed by atoms with Crippen molar-refractivity contribution >= 4 is 39.9 Å². The third-order valence-electron chi connectivity index (χ3n) is 5.96. The Bertz CT molecular complexity index is 1130. The molecule has 0 amide bonds. The van der Waals surface area contributed by atoms with Crippen molar-refractivity contribution in [1.29, 1.82) is 5.26 Å². The molecule has 0 radical (unpaired) electrons. The number of nitriles is 1. The number of hydrogen-bond acceptors (Lipinski definition) is 3. The highest BCUT2D eigenvalue weighted by Gasteiger charge is 2.25. The molecule has 4 nitrogen and oxygen atoms in total. The zero-order valence-electron chi connectivity index (χ0n) is 17.0. The first-order chi connectivity index (χ1) is 13.9. The Kier molecular flexibility index (Phi) is 5.46. The summed E-state index contributed by atoms with van der Waals surface area (Å²) in [5, 5.41) is 11.5. The van der Waals surface area contributed by atoms with Gasteiger partial charge in [0.2, 0.25) is 0 Å². The lowest BCUT2D eigenvalue weighted by Gasteiger charge is -2.34.